The zero-order valence-corrected chi connectivity index (χ0v) is 14.0. The Bertz CT molecular complexity index is 845. The van der Waals surface area contributed by atoms with Gasteiger partial charge >= 0.3 is 5.97 Å². The van der Waals surface area contributed by atoms with Gasteiger partial charge < -0.3 is 14.4 Å². The summed E-state index contributed by atoms with van der Waals surface area (Å²) in [6, 6.07) is 9.97. The van der Waals surface area contributed by atoms with Gasteiger partial charge in [0.25, 0.3) is 0 Å². The SMILES string of the molecule is CC(C)CC1=CC(=Cc2ccc(-c3cccc([NH+]([O-])O)c3)o2)C(=O)O1. The fourth-order valence-corrected chi connectivity index (χ4v) is 2.59. The first-order valence-corrected chi connectivity index (χ1v) is 8.00. The molecule has 2 heterocycles. The zero-order valence-electron chi connectivity index (χ0n) is 14.0. The van der Waals surface area contributed by atoms with Gasteiger partial charge in [-0.25, -0.2) is 10.0 Å². The summed E-state index contributed by atoms with van der Waals surface area (Å²) in [5.74, 6) is 1.71. The van der Waals surface area contributed by atoms with E-state index in [-0.39, 0.29) is 11.7 Å². The van der Waals surface area contributed by atoms with Crippen LogP contribution in [0.5, 0.6) is 0 Å². The zero-order chi connectivity index (χ0) is 18.0. The molecule has 130 valence electrons. The molecule has 0 saturated heterocycles. The molecule has 3 rings (SSSR count). The molecule has 0 aliphatic carbocycles. The normalized spacial score (nSPS) is 17.1. The van der Waals surface area contributed by atoms with Crippen LogP contribution in [0.1, 0.15) is 26.0 Å². The Labute approximate surface area is 145 Å². The second kappa shape index (κ2) is 7.06. The van der Waals surface area contributed by atoms with Crippen molar-refractivity contribution in [3.63, 3.8) is 0 Å². The Morgan fingerprint density at radius 2 is 2.08 bits per heavy atom. The number of rotatable bonds is 5. The van der Waals surface area contributed by atoms with Crippen molar-refractivity contribution in [2.75, 3.05) is 0 Å². The number of quaternary nitrogens is 1. The fourth-order valence-electron chi connectivity index (χ4n) is 2.59. The lowest BCUT2D eigenvalue weighted by Gasteiger charge is -2.11. The third-order valence-corrected chi connectivity index (χ3v) is 3.70. The van der Waals surface area contributed by atoms with E-state index in [1.165, 1.54) is 6.07 Å². The molecular formula is C19H19NO5. The molecule has 1 unspecified atom stereocenters. The predicted octanol–water partition coefficient (Wildman–Crippen LogP) is 3.22. The minimum absolute atomic E-state index is 0.189. The first-order valence-electron chi connectivity index (χ1n) is 8.00. The van der Waals surface area contributed by atoms with Gasteiger partial charge in [0.05, 0.1) is 5.57 Å². The van der Waals surface area contributed by atoms with Gasteiger partial charge in [-0.3, -0.25) is 0 Å². The first kappa shape index (κ1) is 17.2. The maximum absolute atomic E-state index is 11.9. The Morgan fingerprint density at radius 1 is 1.28 bits per heavy atom. The molecule has 1 atom stereocenters. The number of furan rings is 1. The van der Waals surface area contributed by atoms with Gasteiger partial charge in [0, 0.05) is 24.1 Å². The molecule has 1 aromatic carbocycles. The highest BCUT2D eigenvalue weighted by molar-refractivity contribution is 5.99. The van der Waals surface area contributed by atoms with E-state index in [0.717, 1.165) is 0 Å². The van der Waals surface area contributed by atoms with Crippen LogP contribution in [0.2, 0.25) is 0 Å². The number of esters is 1. The Morgan fingerprint density at radius 3 is 2.80 bits per heavy atom. The van der Waals surface area contributed by atoms with Crippen molar-refractivity contribution in [1.82, 2.24) is 0 Å². The molecule has 0 saturated carbocycles. The molecule has 0 bridgehead atoms. The van der Waals surface area contributed by atoms with Crippen LogP contribution in [0.15, 0.2) is 58.2 Å². The van der Waals surface area contributed by atoms with Crippen LogP contribution in [0.4, 0.5) is 5.69 Å². The van der Waals surface area contributed by atoms with Crippen molar-refractivity contribution in [1.29, 1.82) is 0 Å². The van der Waals surface area contributed by atoms with Gasteiger partial charge in [0.15, 0.2) is 5.69 Å². The molecule has 2 N–H and O–H groups in total. The molecule has 1 aromatic heterocycles. The predicted molar refractivity (Wildman–Crippen MR) is 91.5 cm³/mol. The van der Waals surface area contributed by atoms with Crippen LogP contribution in [0.25, 0.3) is 17.4 Å². The molecular weight excluding hydrogens is 322 g/mol. The van der Waals surface area contributed by atoms with E-state index >= 15 is 0 Å². The average Bonchev–Trinajstić information content (AvgIpc) is 3.14. The van der Waals surface area contributed by atoms with Crippen molar-refractivity contribution < 1.29 is 24.4 Å². The van der Waals surface area contributed by atoms with E-state index < -0.39 is 5.23 Å². The van der Waals surface area contributed by atoms with Crippen molar-refractivity contribution in [3.05, 3.63) is 64.8 Å². The Balaban J connectivity index is 1.83. The number of allylic oxidation sites excluding steroid dienone is 1. The molecule has 1 aliphatic heterocycles. The van der Waals surface area contributed by atoms with Crippen molar-refractivity contribution in [2.45, 2.75) is 20.3 Å². The van der Waals surface area contributed by atoms with E-state index in [9.17, 15) is 10.0 Å². The highest BCUT2D eigenvalue weighted by atomic mass is 16.8. The molecule has 0 radical (unpaired) electrons. The van der Waals surface area contributed by atoms with Crippen LogP contribution in [-0.2, 0) is 9.53 Å². The fraction of sp³-hybridized carbons (Fsp3) is 0.211. The van der Waals surface area contributed by atoms with Gasteiger partial charge in [-0.1, -0.05) is 26.0 Å². The number of ether oxygens (including phenoxy) is 1. The summed E-state index contributed by atoms with van der Waals surface area (Å²) in [5.41, 5.74) is 1.29. The number of nitrogens with one attached hydrogen (secondary N) is 1. The topological polar surface area (TPSA) is 87.2 Å². The summed E-state index contributed by atoms with van der Waals surface area (Å²) in [6.45, 7) is 4.11. The number of cyclic esters (lactones) is 1. The number of carbonyl (C=O) groups is 1. The third kappa shape index (κ3) is 4.06. The van der Waals surface area contributed by atoms with Crippen molar-refractivity contribution >= 4 is 17.7 Å². The monoisotopic (exact) mass is 341 g/mol. The van der Waals surface area contributed by atoms with E-state index in [2.05, 4.69) is 13.8 Å². The first-order chi connectivity index (χ1) is 11.9. The lowest BCUT2D eigenvalue weighted by molar-refractivity contribution is -0.991. The number of hydrogen-bond acceptors (Lipinski definition) is 5. The van der Waals surface area contributed by atoms with Crippen molar-refractivity contribution in [2.24, 2.45) is 5.92 Å². The number of carbonyl (C=O) groups excluding carboxylic acids is 1. The van der Waals surface area contributed by atoms with Gasteiger partial charge in [0.2, 0.25) is 0 Å². The van der Waals surface area contributed by atoms with E-state index in [1.54, 1.807) is 42.5 Å². The highest BCUT2D eigenvalue weighted by Crippen LogP contribution is 2.28. The molecule has 1 aliphatic rings. The quantitative estimate of drug-likeness (QED) is 0.495. The minimum atomic E-state index is -0.993. The molecule has 0 fully saturated rings. The van der Waals surface area contributed by atoms with Gasteiger partial charge in [0.1, 0.15) is 17.3 Å². The Hall–Kier alpha value is -2.67. The summed E-state index contributed by atoms with van der Waals surface area (Å²) in [5, 5.41) is 19.1. The van der Waals surface area contributed by atoms with Gasteiger partial charge in [-0.05, 0) is 30.2 Å². The lowest BCUT2D eigenvalue weighted by atomic mass is 10.1. The van der Waals surface area contributed by atoms with Crippen LogP contribution in [-0.4, -0.2) is 11.2 Å². The number of hydrogen-bond donors (Lipinski definition) is 2. The van der Waals surface area contributed by atoms with E-state index in [0.29, 0.717) is 40.8 Å². The molecule has 0 spiro atoms. The summed E-state index contributed by atoms with van der Waals surface area (Å²) in [4.78, 5) is 11.9. The molecule has 25 heavy (non-hydrogen) atoms. The van der Waals surface area contributed by atoms with Crippen LogP contribution in [0.3, 0.4) is 0 Å². The minimum Gasteiger partial charge on any atom is -0.595 e. The molecule has 6 heteroatoms. The number of benzene rings is 1. The van der Waals surface area contributed by atoms with Gasteiger partial charge in [-0.15, -0.1) is 0 Å². The second-order valence-corrected chi connectivity index (χ2v) is 6.29. The summed E-state index contributed by atoms with van der Waals surface area (Å²) < 4.78 is 11.0. The standard InChI is InChI=1S/C19H19NO5/c1-12(2)8-17-11-14(19(21)25-17)10-16-6-7-18(24-16)13-4-3-5-15(9-13)20(22)23/h3-7,9-12,20,22H,8H2,1-2H3. The van der Waals surface area contributed by atoms with Crippen LogP contribution >= 0.6 is 0 Å². The molecule has 0 amide bonds. The molecule has 2 aromatic rings. The molecule has 6 nitrogen and oxygen atoms in total. The van der Waals surface area contributed by atoms with Gasteiger partial charge in [-0.2, -0.15) is 5.23 Å². The van der Waals surface area contributed by atoms with Crippen LogP contribution in [0, 0.1) is 11.1 Å². The highest BCUT2D eigenvalue weighted by Gasteiger charge is 2.21. The summed E-state index contributed by atoms with van der Waals surface area (Å²) in [6.07, 6.45) is 4.06. The summed E-state index contributed by atoms with van der Waals surface area (Å²) in [7, 11) is 0. The third-order valence-electron chi connectivity index (χ3n) is 3.70. The van der Waals surface area contributed by atoms with E-state index in [1.807, 2.05) is 0 Å². The second-order valence-electron chi connectivity index (χ2n) is 6.29. The maximum atomic E-state index is 11.9. The lowest BCUT2D eigenvalue weighted by Crippen LogP contribution is -2.99. The average molecular weight is 341 g/mol. The summed E-state index contributed by atoms with van der Waals surface area (Å²) >= 11 is 0. The van der Waals surface area contributed by atoms with Crippen LogP contribution < -0.4 is 5.23 Å². The Kier molecular flexibility index (Phi) is 4.85. The maximum Gasteiger partial charge on any atom is 0.343 e. The van der Waals surface area contributed by atoms with Crippen molar-refractivity contribution in [3.8, 4) is 11.3 Å². The largest absolute Gasteiger partial charge is 0.595 e. The smallest absolute Gasteiger partial charge is 0.343 e. The van der Waals surface area contributed by atoms with E-state index in [4.69, 9.17) is 14.4 Å².